The van der Waals surface area contributed by atoms with Crippen LogP contribution in [0.25, 0.3) is 0 Å². The lowest BCUT2D eigenvalue weighted by molar-refractivity contribution is -0.138. The molecule has 2 N–H and O–H groups in total. The second-order valence-corrected chi connectivity index (χ2v) is 3.12. The molecule has 6 heteroatoms. The molecule has 1 aromatic rings. The van der Waals surface area contributed by atoms with Gasteiger partial charge in [-0.3, -0.25) is 4.79 Å². The molecule has 1 aromatic carbocycles. The summed E-state index contributed by atoms with van der Waals surface area (Å²) < 4.78 is 38.0. The normalized spacial score (nSPS) is 10.9. The number of hydrogen-bond acceptors (Lipinski definition) is 3. The molecule has 0 unspecified atom stereocenters. The predicted octanol–water partition coefficient (Wildman–Crippen LogP) is 2.36. The molecule has 1 rings (SSSR count). The van der Waals surface area contributed by atoms with Gasteiger partial charge in [-0.15, -0.1) is 0 Å². The van der Waals surface area contributed by atoms with Gasteiger partial charge in [-0.25, -0.2) is 0 Å². The van der Waals surface area contributed by atoms with Crippen molar-refractivity contribution in [3.8, 4) is 6.07 Å². The minimum absolute atomic E-state index is 0.279. The SMILES string of the molecule is CC(=O)c1c(N)ccc(C#N)c1C(F)(F)F. The fourth-order valence-electron chi connectivity index (χ4n) is 1.39. The summed E-state index contributed by atoms with van der Waals surface area (Å²) in [6.45, 7) is 0.974. The van der Waals surface area contributed by atoms with E-state index in [4.69, 9.17) is 11.0 Å². The van der Waals surface area contributed by atoms with Crippen molar-refractivity contribution in [3.63, 3.8) is 0 Å². The summed E-state index contributed by atoms with van der Waals surface area (Å²) in [7, 11) is 0. The van der Waals surface area contributed by atoms with Gasteiger partial charge in [-0.2, -0.15) is 18.4 Å². The first-order valence-electron chi connectivity index (χ1n) is 4.19. The summed E-state index contributed by atoms with van der Waals surface area (Å²) in [5.41, 5.74) is 2.52. The van der Waals surface area contributed by atoms with Crippen molar-refractivity contribution in [2.24, 2.45) is 0 Å². The van der Waals surface area contributed by atoms with Gasteiger partial charge in [0, 0.05) is 5.69 Å². The van der Waals surface area contributed by atoms with Crippen LogP contribution in [0, 0.1) is 11.3 Å². The zero-order chi connectivity index (χ0) is 12.5. The smallest absolute Gasteiger partial charge is 0.398 e. The molecule has 0 fully saturated rings. The Balaban J connectivity index is 3.71. The fraction of sp³-hybridized carbons (Fsp3) is 0.200. The number of hydrogen-bond donors (Lipinski definition) is 1. The van der Waals surface area contributed by atoms with Gasteiger partial charge in [0.15, 0.2) is 5.78 Å². The number of carbonyl (C=O) groups is 1. The molecule has 0 amide bonds. The molecule has 0 saturated carbocycles. The molecule has 0 aliphatic rings. The average Bonchev–Trinajstić information content (AvgIpc) is 2.15. The topological polar surface area (TPSA) is 66.9 Å². The highest BCUT2D eigenvalue weighted by molar-refractivity contribution is 6.01. The Kier molecular flexibility index (Phi) is 2.90. The number of Topliss-reactive ketones (excluding diaryl/α,β-unsaturated/α-hetero) is 1. The van der Waals surface area contributed by atoms with E-state index in [0.29, 0.717) is 0 Å². The Labute approximate surface area is 89.3 Å². The lowest BCUT2D eigenvalue weighted by Gasteiger charge is -2.14. The predicted molar refractivity (Wildman–Crippen MR) is 50.6 cm³/mol. The molecule has 0 heterocycles. The third-order valence-electron chi connectivity index (χ3n) is 1.99. The maximum Gasteiger partial charge on any atom is 0.418 e. The molecular weight excluding hydrogens is 221 g/mol. The van der Waals surface area contributed by atoms with Crippen LogP contribution in [0.4, 0.5) is 18.9 Å². The number of alkyl halides is 3. The number of carbonyl (C=O) groups excluding carboxylic acids is 1. The zero-order valence-electron chi connectivity index (χ0n) is 8.22. The minimum Gasteiger partial charge on any atom is -0.398 e. The van der Waals surface area contributed by atoms with E-state index in [9.17, 15) is 18.0 Å². The number of nitrogen functional groups attached to an aromatic ring is 1. The largest absolute Gasteiger partial charge is 0.418 e. The van der Waals surface area contributed by atoms with Crippen molar-refractivity contribution in [2.75, 3.05) is 5.73 Å². The summed E-state index contributed by atoms with van der Waals surface area (Å²) in [6.07, 6.45) is -4.78. The number of ketones is 1. The van der Waals surface area contributed by atoms with E-state index in [2.05, 4.69) is 0 Å². The lowest BCUT2D eigenvalue weighted by atomic mass is 9.97. The number of nitrogens with zero attached hydrogens (tertiary/aromatic N) is 1. The molecule has 0 radical (unpaired) electrons. The summed E-state index contributed by atoms with van der Waals surface area (Å²) in [5.74, 6) is -0.818. The number of halogens is 3. The van der Waals surface area contributed by atoms with Crippen LogP contribution in [0.3, 0.4) is 0 Å². The van der Waals surface area contributed by atoms with E-state index in [-0.39, 0.29) is 5.69 Å². The third-order valence-corrected chi connectivity index (χ3v) is 1.99. The Morgan fingerprint density at radius 3 is 2.38 bits per heavy atom. The van der Waals surface area contributed by atoms with E-state index in [0.717, 1.165) is 19.1 Å². The molecule has 0 aromatic heterocycles. The van der Waals surface area contributed by atoms with Crippen LogP contribution in [0.1, 0.15) is 28.4 Å². The first-order chi connectivity index (χ1) is 7.29. The van der Waals surface area contributed by atoms with Crippen molar-refractivity contribution in [2.45, 2.75) is 13.1 Å². The maximum atomic E-state index is 12.7. The summed E-state index contributed by atoms with van der Waals surface area (Å²) >= 11 is 0. The monoisotopic (exact) mass is 228 g/mol. The molecular formula is C10H7F3N2O. The molecule has 0 bridgehead atoms. The van der Waals surface area contributed by atoms with Crippen LogP contribution in [0.2, 0.25) is 0 Å². The average molecular weight is 228 g/mol. The number of benzene rings is 1. The second kappa shape index (κ2) is 3.85. The third kappa shape index (κ3) is 1.98. The number of nitriles is 1. The van der Waals surface area contributed by atoms with Gasteiger partial charge in [0.2, 0.25) is 0 Å². The molecule has 0 atom stereocenters. The first kappa shape index (κ1) is 12.0. The van der Waals surface area contributed by atoms with Crippen molar-refractivity contribution in [1.29, 1.82) is 5.26 Å². The van der Waals surface area contributed by atoms with Crippen LogP contribution in [-0.2, 0) is 6.18 Å². The van der Waals surface area contributed by atoms with Crippen LogP contribution in [0.15, 0.2) is 12.1 Å². The van der Waals surface area contributed by atoms with E-state index in [1.807, 2.05) is 0 Å². The molecule has 0 aliphatic carbocycles. The fourth-order valence-corrected chi connectivity index (χ4v) is 1.39. The van der Waals surface area contributed by atoms with Crippen LogP contribution < -0.4 is 5.73 Å². The Hall–Kier alpha value is -2.03. The van der Waals surface area contributed by atoms with E-state index < -0.39 is 28.6 Å². The summed E-state index contributed by atoms with van der Waals surface area (Å²) in [5, 5.41) is 8.58. The van der Waals surface area contributed by atoms with Gasteiger partial charge in [0.05, 0.1) is 22.8 Å². The molecule has 84 valence electrons. The molecule has 0 saturated heterocycles. The van der Waals surface area contributed by atoms with Crippen molar-refractivity contribution in [1.82, 2.24) is 0 Å². The standard InChI is InChI=1S/C10H7F3N2O/c1-5(16)8-7(15)3-2-6(4-14)9(8)10(11,12)13/h2-3H,15H2,1H3. The Morgan fingerprint density at radius 1 is 1.44 bits per heavy atom. The number of anilines is 1. The van der Waals surface area contributed by atoms with Crippen LogP contribution in [-0.4, -0.2) is 5.78 Å². The first-order valence-corrected chi connectivity index (χ1v) is 4.19. The highest BCUT2D eigenvalue weighted by Gasteiger charge is 2.38. The van der Waals surface area contributed by atoms with Crippen molar-refractivity contribution in [3.05, 3.63) is 28.8 Å². The number of rotatable bonds is 1. The Morgan fingerprint density at radius 2 is 2.00 bits per heavy atom. The summed E-state index contributed by atoms with van der Waals surface area (Å²) in [4.78, 5) is 11.1. The van der Waals surface area contributed by atoms with Gasteiger partial charge >= 0.3 is 6.18 Å². The lowest BCUT2D eigenvalue weighted by Crippen LogP contribution is -2.16. The molecule has 16 heavy (non-hydrogen) atoms. The van der Waals surface area contributed by atoms with Gasteiger partial charge in [0.25, 0.3) is 0 Å². The van der Waals surface area contributed by atoms with Gasteiger partial charge in [-0.1, -0.05) is 0 Å². The van der Waals surface area contributed by atoms with Gasteiger partial charge in [0.1, 0.15) is 0 Å². The van der Waals surface area contributed by atoms with Gasteiger partial charge in [-0.05, 0) is 19.1 Å². The molecule has 0 aliphatic heterocycles. The zero-order valence-corrected chi connectivity index (χ0v) is 8.22. The van der Waals surface area contributed by atoms with Gasteiger partial charge < -0.3 is 5.73 Å². The van der Waals surface area contributed by atoms with Crippen molar-refractivity contribution < 1.29 is 18.0 Å². The molecule has 3 nitrogen and oxygen atoms in total. The minimum atomic E-state index is -4.78. The summed E-state index contributed by atoms with van der Waals surface area (Å²) in [6, 6.07) is 3.46. The highest BCUT2D eigenvalue weighted by Crippen LogP contribution is 2.37. The molecule has 0 spiro atoms. The van der Waals surface area contributed by atoms with Crippen LogP contribution in [0.5, 0.6) is 0 Å². The van der Waals surface area contributed by atoms with Crippen molar-refractivity contribution >= 4 is 11.5 Å². The highest BCUT2D eigenvalue weighted by atomic mass is 19.4. The Bertz CT molecular complexity index is 486. The van der Waals surface area contributed by atoms with E-state index >= 15 is 0 Å². The van der Waals surface area contributed by atoms with Crippen LogP contribution >= 0.6 is 0 Å². The quantitative estimate of drug-likeness (QED) is 0.592. The van der Waals surface area contributed by atoms with E-state index in [1.54, 1.807) is 0 Å². The number of nitrogens with two attached hydrogens (primary N) is 1. The second-order valence-electron chi connectivity index (χ2n) is 3.12. The maximum absolute atomic E-state index is 12.7. The van der Waals surface area contributed by atoms with E-state index in [1.165, 1.54) is 6.07 Å².